The number of imidazole rings is 1. The highest BCUT2D eigenvalue weighted by Crippen LogP contribution is 2.30. The van der Waals surface area contributed by atoms with Crippen LogP contribution in [0.2, 0.25) is 5.02 Å². The Morgan fingerprint density at radius 2 is 1.59 bits per heavy atom. The van der Waals surface area contributed by atoms with Gasteiger partial charge in [0.05, 0.1) is 28.4 Å². The third-order valence-electron chi connectivity index (χ3n) is 6.78. The van der Waals surface area contributed by atoms with E-state index in [2.05, 4.69) is 10.3 Å². The van der Waals surface area contributed by atoms with Gasteiger partial charge in [-0.25, -0.2) is 13.4 Å². The first-order chi connectivity index (χ1) is 19.7. The number of carbonyl (C=O) groups is 1. The lowest BCUT2D eigenvalue weighted by Crippen LogP contribution is -2.33. The largest absolute Gasteiger partial charge is 0.348 e. The van der Waals surface area contributed by atoms with Crippen molar-refractivity contribution in [2.75, 3.05) is 4.31 Å². The van der Waals surface area contributed by atoms with E-state index in [1.165, 1.54) is 4.31 Å². The number of aryl methyl sites for hydroxylation is 2. The molecule has 41 heavy (non-hydrogen) atoms. The molecule has 0 atom stereocenters. The number of benzene rings is 4. The number of nitrogens with zero attached hydrogens (tertiary/aromatic N) is 3. The summed E-state index contributed by atoms with van der Waals surface area (Å²) in [6, 6.07) is 28.1. The van der Waals surface area contributed by atoms with Crippen molar-refractivity contribution in [3.05, 3.63) is 143 Å². The number of aromatic nitrogens is 2. The first kappa shape index (κ1) is 28.1. The fraction of sp³-hybridized carbons (Fsp3) is 0.125. The highest BCUT2D eigenvalue weighted by molar-refractivity contribution is 7.92. The van der Waals surface area contributed by atoms with Gasteiger partial charge in [0.25, 0.3) is 15.9 Å². The molecular weight excluding hydrogens is 556 g/mol. The molecule has 0 spiro atoms. The van der Waals surface area contributed by atoms with Gasteiger partial charge in [0.2, 0.25) is 0 Å². The number of carbonyl (C=O) groups excluding carboxylic acids is 1. The molecule has 1 N–H and O–H groups in total. The number of halogens is 1. The molecule has 4 aromatic carbocycles. The Morgan fingerprint density at radius 3 is 2.29 bits per heavy atom. The molecule has 0 fully saturated rings. The van der Waals surface area contributed by atoms with Crippen LogP contribution >= 0.6 is 11.6 Å². The van der Waals surface area contributed by atoms with Crippen LogP contribution in [0.3, 0.4) is 0 Å². The third-order valence-corrected chi connectivity index (χ3v) is 8.81. The van der Waals surface area contributed by atoms with Gasteiger partial charge in [-0.3, -0.25) is 9.10 Å². The van der Waals surface area contributed by atoms with E-state index in [1.807, 2.05) is 48.9 Å². The first-order valence-electron chi connectivity index (χ1n) is 13.0. The molecule has 0 aliphatic carbocycles. The van der Waals surface area contributed by atoms with Gasteiger partial charge in [-0.05, 0) is 67.4 Å². The lowest BCUT2D eigenvalue weighted by Gasteiger charge is -2.27. The number of anilines is 1. The molecule has 0 saturated heterocycles. The van der Waals surface area contributed by atoms with Crippen molar-refractivity contribution in [1.82, 2.24) is 14.9 Å². The van der Waals surface area contributed by atoms with Gasteiger partial charge in [-0.1, -0.05) is 71.8 Å². The molecule has 9 heteroatoms. The summed E-state index contributed by atoms with van der Waals surface area (Å²) < 4.78 is 31.3. The summed E-state index contributed by atoms with van der Waals surface area (Å²) in [5.41, 5.74) is 3.99. The summed E-state index contributed by atoms with van der Waals surface area (Å²) in [4.78, 5) is 18.1. The van der Waals surface area contributed by atoms with Gasteiger partial charge in [0.15, 0.2) is 0 Å². The topological polar surface area (TPSA) is 84.3 Å². The molecule has 7 nitrogen and oxygen atoms in total. The predicted octanol–water partition coefficient (Wildman–Crippen LogP) is 6.47. The molecule has 1 aromatic heterocycles. The minimum Gasteiger partial charge on any atom is -0.348 e. The molecular formula is C32H29ClN4O3S. The maximum atomic E-state index is 14.0. The lowest BCUT2D eigenvalue weighted by molar-refractivity contribution is 0.0951. The maximum Gasteiger partial charge on any atom is 0.264 e. The normalized spacial score (nSPS) is 11.3. The van der Waals surface area contributed by atoms with E-state index < -0.39 is 15.9 Å². The quantitative estimate of drug-likeness (QED) is 0.215. The molecule has 208 valence electrons. The van der Waals surface area contributed by atoms with Crippen LogP contribution < -0.4 is 9.62 Å². The van der Waals surface area contributed by atoms with Crippen LogP contribution in [0, 0.1) is 13.8 Å². The molecule has 1 heterocycles. The Hall–Kier alpha value is -4.40. The van der Waals surface area contributed by atoms with E-state index in [0.29, 0.717) is 5.02 Å². The van der Waals surface area contributed by atoms with E-state index >= 15 is 0 Å². The van der Waals surface area contributed by atoms with Gasteiger partial charge >= 0.3 is 0 Å². The van der Waals surface area contributed by atoms with Gasteiger partial charge in [0, 0.05) is 24.0 Å². The fourth-order valence-corrected chi connectivity index (χ4v) is 6.17. The van der Waals surface area contributed by atoms with Crippen molar-refractivity contribution in [3.8, 4) is 5.69 Å². The number of hydrogen-bond donors (Lipinski definition) is 1. The average molecular weight is 585 g/mol. The highest BCUT2D eigenvalue weighted by Gasteiger charge is 2.28. The molecule has 0 aliphatic heterocycles. The molecule has 0 radical (unpaired) electrons. The second-order valence-corrected chi connectivity index (χ2v) is 11.9. The van der Waals surface area contributed by atoms with E-state index in [0.717, 1.165) is 28.2 Å². The Labute approximate surface area is 245 Å². The molecule has 0 aliphatic rings. The van der Waals surface area contributed by atoms with Crippen molar-refractivity contribution in [2.24, 2.45) is 0 Å². The second-order valence-electron chi connectivity index (χ2n) is 9.62. The second kappa shape index (κ2) is 12.0. The summed E-state index contributed by atoms with van der Waals surface area (Å²) >= 11 is 6.08. The van der Waals surface area contributed by atoms with E-state index in [-0.39, 0.29) is 29.2 Å². The fourth-order valence-electron chi connectivity index (χ4n) is 4.57. The monoisotopic (exact) mass is 584 g/mol. The molecule has 5 aromatic rings. The van der Waals surface area contributed by atoms with Crippen LogP contribution in [0.1, 0.15) is 32.9 Å². The number of sulfonamides is 1. The molecule has 0 bridgehead atoms. The number of hydrogen-bond acceptors (Lipinski definition) is 4. The van der Waals surface area contributed by atoms with Crippen LogP contribution in [0.25, 0.3) is 5.69 Å². The zero-order valence-electron chi connectivity index (χ0n) is 22.7. The average Bonchev–Trinajstić information content (AvgIpc) is 3.41. The van der Waals surface area contributed by atoms with E-state index in [9.17, 15) is 13.2 Å². The van der Waals surface area contributed by atoms with Gasteiger partial charge in [-0.2, -0.15) is 0 Å². The van der Waals surface area contributed by atoms with Crippen molar-refractivity contribution < 1.29 is 13.2 Å². The zero-order chi connectivity index (χ0) is 29.0. The molecule has 1 amide bonds. The minimum absolute atomic E-state index is 0.0143. The van der Waals surface area contributed by atoms with Crippen LogP contribution in [0.4, 0.5) is 5.69 Å². The molecule has 0 unspecified atom stereocenters. The number of amides is 1. The van der Waals surface area contributed by atoms with Gasteiger partial charge < -0.3 is 9.88 Å². The SMILES string of the molecule is Cc1ccc(S(=O)(=O)N(Cc2ccc(Cl)cc2)c2ccccc2C(=O)NCc2ccccc2-n2ccnc2C)cc1. The van der Waals surface area contributed by atoms with Gasteiger partial charge in [-0.15, -0.1) is 0 Å². The Bertz CT molecular complexity index is 1780. The highest BCUT2D eigenvalue weighted by atomic mass is 35.5. The predicted molar refractivity (Wildman–Crippen MR) is 162 cm³/mol. The maximum absolute atomic E-state index is 14.0. The summed E-state index contributed by atoms with van der Waals surface area (Å²) in [5, 5.41) is 3.54. The number of nitrogens with one attached hydrogen (secondary N) is 1. The number of para-hydroxylation sites is 2. The third kappa shape index (κ3) is 6.19. The standard InChI is InChI=1S/C32H29ClN4O3S/c1-23-11-17-28(18-12-23)41(39,40)37(22-25-13-15-27(33)16-14-25)31-10-6-4-8-29(31)32(38)35-21-26-7-3-5-9-30(26)36-20-19-34-24(36)2/h3-20H,21-22H2,1-2H3,(H,35,38). The van der Waals surface area contributed by atoms with Crippen LogP contribution in [-0.4, -0.2) is 23.9 Å². The van der Waals surface area contributed by atoms with Crippen molar-refractivity contribution in [3.63, 3.8) is 0 Å². The van der Waals surface area contributed by atoms with Gasteiger partial charge in [0.1, 0.15) is 5.82 Å². The van der Waals surface area contributed by atoms with Crippen molar-refractivity contribution >= 4 is 33.2 Å². The van der Waals surface area contributed by atoms with E-state index in [1.54, 1.807) is 79.0 Å². The molecule has 0 saturated carbocycles. The summed E-state index contributed by atoms with van der Waals surface area (Å²) in [5.74, 6) is 0.436. The van der Waals surface area contributed by atoms with Crippen molar-refractivity contribution in [1.29, 1.82) is 0 Å². The van der Waals surface area contributed by atoms with Crippen LogP contribution in [0.15, 0.2) is 114 Å². The van der Waals surface area contributed by atoms with Crippen LogP contribution in [-0.2, 0) is 23.1 Å². The lowest BCUT2D eigenvalue weighted by atomic mass is 10.1. The summed E-state index contributed by atoms with van der Waals surface area (Å²) in [6.07, 6.45) is 3.60. The Kier molecular flexibility index (Phi) is 8.23. The smallest absolute Gasteiger partial charge is 0.264 e. The van der Waals surface area contributed by atoms with E-state index in [4.69, 9.17) is 11.6 Å². The van der Waals surface area contributed by atoms with Crippen molar-refractivity contribution in [2.45, 2.75) is 31.8 Å². The first-order valence-corrected chi connectivity index (χ1v) is 14.8. The minimum atomic E-state index is -4.03. The van der Waals surface area contributed by atoms with Crippen LogP contribution in [0.5, 0.6) is 0 Å². The molecule has 5 rings (SSSR count). The Balaban J connectivity index is 1.50. The summed E-state index contributed by atoms with van der Waals surface area (Å²) in [7, 11) is -4.03. The summed E-state index contributed by atoms with van der Waals surface area (Å²) in [6.45, 7) is 4.06. The Morgan fingerprint density at radius 1 is 0.902 bits per heavy atom. The zero-order valence-corrected chi connectivity index (χ0v) is 24.2. The number of rotatable bonds is 9.